The summed E-state index contributed by atoms with van der Waals surface area (Å²) in [6.45, 7) is 0. The molecule has 10 nitrogen and oxygen atoms in total. The number of azo groups is 2. The Kier molecular flexibility index (Phi) is 7.42. The van der Waals surface area contributed by atoms with Gasteiger partial charge in [0.25, 0.3) is 11.8 Å². The van der Waals surface area contributed by atoms with E-state index in [1.54, 1.807) is 36.4 Å². The highest BCUT2D eigenvalue weighted by molar-refractivity contribution is 6.31. The van der Waals surface area contributed by atoms with Crippen molar-refractivity contribution in [3.8, 4) is 11.8 Å². The predicted octanol–water partition coefficient (Wildman–Crippen LogP) is 7.24. The number of rotatable bonds is 8. The lowest BCUT2D eigenvalue weighted by atomic mass is 10.1. The van der Waals surface area contributed by atoms with Crippen LogP contribution in [0.2, 0.25) is 10.0 Å². The molecule has 0 aliphatic carbocycles. The van der Waals surface area contributed by atoms with Crippen LogP contribution in [0.4, 0.5) is 11.4 Å². The fourth-order valence-corrected chi connectivity index (χ4v) is 3.86. The van der Waals surface area contributed by atoms with Crippen molar-refractivity contribution in [1.29, 1.82) is 0 Å². The zero-order valence-corrected chi connectivity index (χ0v) is 19.8. The molecular weight excluding hydrogens is 495 g/mol. The quantitative estimate of drug-likeness (QED) is 0.144. The third-order valence-electron chi connectivity index (χ3n) is 5.23. The first-order valence-electron chi connectivity index (χ1n) is 10.7. The van der Waals surface area contributed by atoms with E-state index in [2.05, 4.69) is 30.4 Å². The summed E-state index contributed by atoms with van der Waals surface area (Å²) in [5.41, 5.74) is 1.54. The largest absolute Gasteiger partial charge is 0.493 e. The Bertz CT molecular complexity index is 1360. The van der Waals surface area contributed by atoms with Crippen LogP contribution in [0.1, 0.15) is 32.1 Å². The van der Waals surface area contributed by atoms with Crippen LogP contribution in [-0.2, 0) is 9.59 Å². The minimum atomic E-state index is -0.444. The van der Waals surface area contributed by atoms with Gasteiger partial charge in [0.05, 0.1) is 11.0 Å². The van der Waals surface area contributed by atoms with E-state index in [4.69, 9.17) is 23.2 Å². The number of carbonyl (C=O) groups is 2. The molecule has 0 fully saturated rings. The highest BCUT2D eigenvalue weighted by Crippen LogP contribution is 2.37. The molecule has 0 aliphatic rings. The van der Waals surface area contributed by atoms with Crippen LogP contribution in [0.15, 0.2) is 56.9 Å². The maximum Gasteiger partial charge on any atom is 0.264 e. The Morgan fingerprint density at radius 2 is 1.14 bits per heavy atom. The third-order valence-corrected chi connectivity index (χ3v) is 5.70. The molecule has 35 heavy (non-hydrogen) atoms. The van der Waals surface area contributed by atoms with Crippen LogP contribution in [0.25, 0.3) is 21.8 Å². The van der Waals surface area contributed by atoms with Gasteiger partial charge in [0, 0.05) is 33.7 Å². The van der Waals surface area contributed by atoms with Crippen molar-refractivity contribution in [1.82, 2.24) is 9.97 Å². The molecule has 0 aliphatic heterocycles. The molecule has 0 bridgehead atoms. The van der Waals surface area contributed by atoms with E-state index in [-0.39, 0.29) is 36.0 Å². The fourth-order valence-electron chi connectivity index (χ4n) is 3.51. The first kappa shape index (κ1) is 24.4. The van der Waals surface area contributed by atoms with Crippen molar-refractivity contribution in [3.63, 3.8) is 0 Å². The van der Waals surface area contributed by atoms with Gasteiger partial charge in [0.15, 0.2) is 11.4 Å². The Morgan fingerprint density at radius 1 is 0.714 bits per heavy atom. The molecule has 0 unspecified atom stereocenters. The second-order valence-electron chi connectivity index (χ2n) is 7.77. The van der Waals surface area contributed by atoms with Gasteiger partial charge in [-0.2, -0.15) is 0 Å². The fraction of sp³-hybridized carbons (Fsp3) is 0.217. The maximum atomic E-state index is 12.0. The Balaban J connectivity index is 1.23. The standard InChI is InChI=1S/C23H20Cl2N6O4/c24-12-6-8-16-14(10-12)20(22(34)26-16)30-28-18(32)4-2-1-3-5-19(33)29-31-21-15-11-13(25)7-9-17(15)27-23(21)35/h6-11,26-27,34-35H,1-5H2. The Morgan fingerprint density at radius 3 is 1.57 bits per heavy atom. The smallest absolute Gasteiger partial charge is 0.264 e. The van der Waals surface area contributed by atoms with E-state index >= 15 is 0 Å². The summed E-state index contributed by atoms with van der Waals surface area (Å²) in [5, 5.41) is 37.1. The average Bonchev–Trinajstić information content (AvgIpc) is 3.30. The number of hydrogen-bond donors (Lipinski definition) is 4. The SMILES string of the molecule is O=C(CCCCCC(=O)N=Nc1c(O)[nH]c2ccc(Cl)cc12)N=Nc1c(O)[nH]c2ccc(Cl)cc12. The number of H-pyrrole nitrogens is 2. The van der Waals surface area contributed by atoms with Gasteiger partial charge in [-0.3, -0.25) is 9.59 Å². The third kappa shape index (κ3) is 5.84. The lowest BCUT2D eigenvalue weighted by Crippen LogP contribution is -1.94. The van der Waals surface area contributed by atoms with Crippen LogP contribution in [0.5, 0.6) is 11.8 Å². The predicted molar refractivity (Wildman–Crippen MR) is 132 cm³/mol. The van der Waals surface area contributed by atoms with E-state index < -0.39 is 11.8 Å². The molecule has 4 aromatic rings. The molecule has 2 heterocycles. The number of carbonyl (C=O) groups excluding carboxylic acids is 2. The number of unbranched alkanes of at least 4 members (excludes halogenated alkanes) is 2. The lowest BCUT2D eigenvalue weighted by molar-refractivity contribution is -0.118. The van der Waals surface area contributed by atoms with Crippen molar-refractivity contribution in [2.45, 2.75) is 32.1 Å². The topological polar surface area (TPSA) is 156 Å². The van der Waals surface area contributed by atoms with Crippen LogP contribution in [0, 0.1) is 0 Å². The zero-order valence-electron chi connectivity index (χ0n) is 18.3. The first-order chi connectivity index (χ1) is 16.8. The summed E-state index contributed by atoms with van der Waals surface area (Å²) in [4.78, 5) is 29.6. The minimum absolute atomic E-state index is 0.146. The lowest BCUT2D eigenvalue weighted by Gasteiger charge is -1.97. The van der Waals surface area contributed by atoms with Crippen LogP contribution < -0.4 is 0 Å². The number of nitrogens with zero attached hydrogens (tertiary/aromatic N) is 4. The molecule has 4 rings (SSSR count). The van der Waals surface area contributed by atoms with Crippen molar-refractivity contribution >= 4 is 68.2 Å². The molecule has 2 amide bonds. The summed E-state index contributed by atoms with van der Waals surface area (Å²) in [6, 6.07) is 9.96. The number of aromatic nitrogens is 2. The molecule has 0 saturated heterocycles. The van der Waals surface area contributed by atoms with Gasteiger partial charge in [-0.1, -0.05) is 29.6 Å². The molecule has 4 N–H and O–H groups in total. The number of fused-ring (bicyclic) bond motifs is 2. The van der Waals surface area contributed by atoms with Crippen LogP contribution in [0.3, 0.4) is 0 Å². The number of aromatic amines is 2. The van der Waals surface area contributed by atoms with Crippen LogP contribution in [-0.4, -0.2) is 32.0 Å². The molecule has 2 aromatic carbocycles. The van der Waals surface area contributed by atoms with Gasteiger partial charge in [0.2, 0.25) is 11.8 Å². The Hall–Kier alpha value is -3.76. The number of hydrogen-bond acceptors (Lipinski definition) is 6. The van der Waals surface area contributed by atoms with Gasteiger partial charge in [-0.05, 0) is 49.2 Å². The highest BCUT2D eigenvalue weighted by Gasteiger charge is 2.13. The molecule has 180 valence electrons. The average molecular weight is 515 g/mol. The van der Waals surface area contributed by atoms with Crippen molar-refractivity contribution < 1.29 is 19.8 Å². The Labute approximate surface area is 208 Å². The maximum absolute atomic E-state index is 12.0. The number of aromatic hydroxyl groups is 2. The van der Waals surface area contributed by atoms with Gasteiger partial charge in [-0.15, -0.1) is 20.5 Å². The number of halogens is 2. The van der Waals surface area contributed by atoms with Crippen molar-refractivity contribution in [2.75, 3.05) is 0 Å². The molecule has 2 aromatic heterocycles. The molecular formula is C23H20Cl2N6O4. The van der Waals surface area contributed by atoms with E-state index in [1.807, 2.05) is 0 Å². The van der Waals surface area contributed by atoms with Crippen LogP contribution >= 0.6 is 23.2 Å². The van der Waals surface area contributed by atoms with Gasteiger partial charge < -0.3 is 20.2 Å². The molecule has 12 heteroatoms. The normalized spacial score (nSPS) is 11.9. The molecule has 0 spiro atoms. The van der Waals surface area contributed by atoms with E-state index in [0.29, 0.717) is 51.1 Å². The van der Waals surface area contributed by atoms with E-state index in [1.165, 1.54) is 0 Å². The monoisotopic (exact) mass is 514 g/mol. The van der Waals surface area contributed by atoms with Gasteiger partial charge in [0.1, 0.15) is 0 Å². The summed E-state index contributed by atoms with van der Waals surface area (Å²) >= 11 is 12.0. The van der Waals surface area contributed by atoms with Crippen molar-refractivity contribution in [3.05, 3.63) is 46.4 Å². The summed E-state index contributed by atoms with van der Waals surface area (Å²) < 4.78 is 0. The second kappa shape index (κ2) is 10.7. The van der Waals surface area contributed by atoms with Crippen molar-refractivity contribution in [2.24, 2.45) is 20.5 Å². The van der Waals surface area contributed by atoms with Gasteiger partial charge >= 0.3 is 0 Å². The molecule has 0 saturated carbocycles. The highest BCUT2D eigenvalue weighted by atomic mass is 35.5. The number of amides is 2. The van der Waals surface area contributed by atoms with E-state index in [9.17, 15) is 19.8 Å². The number of benzene rings is 2. The zero-order chi connectivity index (χ0) is 24.9. The number of nitrogens with one attached hydrogen (secondary N) is 2. The van der Waals surface area contributed by atoms with E-state index in [0.717, 1.165) is 0 Å². The molecule has 0 radical (unpaired) electrons. The van der Waals surface area contributed by atoms with Gasteiger partial charge in [-0.25, -0.2) is 0 Å². The second-order valence-corrected chi connectivity index (χ2v) is 8.65. The first-order valence-corrected chi connectivity index (χ1v) is 11.5. The minimum Gasteiger partial charge on any atom is -0.493 e. The summed E-state index contributed by atoms with van der Waals surface area (Å²) in [7, 11) is 0. The molecule has 0 atom stereocenters. The summed E-state index contributed by atoms with van der Waals surface area (Å²) in [6.07, 6.45) is 1.91. The summed E-state index contributed by atoms with van der Waals surface area (Å²) in [5.74, 6) is -1.29.